The summed E-state index contributed by atoms with van der Waals surface area (Å²) in [7, 11) is 1.54. The molecule has 7 nitrogen and oxygen atoms in total. The second-order valence-electron chi connectivity index (χ2n) is 7.85. The number of hydrogen-bond acceptors (Lipinski definition) is 6. The number of thioether (sulfide) groups is 1. The molecule has 2 amide bonds. The maximum Gasteiger partial charge on any atom is 0.262 e. The standard InChI is InChI=1S/C27H25N3O4S/c1-34-21-15-13-20(14-16-21)25(32)29-24(31)18-35-27-28-23-12-6-5-11-22(23)26(33)30(27)17-7-10-19-8-3-2-4-9-19/h2-6,8-9,11-16H,7,10,17-18H2,1H3,(H,29,31,32). The molecule has 178 valence electrons. The summed E-state index contributed by atoms with van der Waals surface area (Å²) < 4.78 is 6.70. The lowest BCUT2D eigenvalue weighted by Gasteiger charge is -2.13. The summed E-state index contributed by atoms with van der Waals surface area (Å²) in [4.78, 5) is 42.7. The minimum absolute atomic E-state index is 0.0502. The average Bonchev–Trinajstić information content (AvgIpc) is 2.89. The van der Waals surface area contributed by atoms with Crippen molar-refractivity contribution in [2.45, 2.75) is 24.5 Å². The molecular formula is C27H25N3O4S. The van der Waals surface area contributed by atoms with Crippen molar-refractivity contribution >= 4 is 34.5 Å². The van der Waals surface area contributed by atoms with Crippen molar-refractivity contribution in [3.8, 4) is 5.75 Å². The predicted octanol–water partition coefficient (Wildman–Crippen LogP) is 4.09. The highest BCUT2D eigenvalue weighted by Crippen LogP contribution is 2.19. The molecule has 0 fully saturated rings. The number of carbonyl (C=O) groups excluding carboxylic acids is 2. The van der Waals surface area contributed by atoms with Gasteiger partial charge in [-0.05, 0) is 54.8 Å². The van der Waals surface area contributed by atoms with Gasteiger partial charge >= 0.3 is 0 Å². The Hall–Kier alpha value is -3.91. The molecule has 1 N–H and O–H groups in total. The van der Waals surface area contributed by atoms with Crippen LogP contribution in [0.3, 0.4) is 0 Å². The smallest absolute Gasteiger partial charge is 0.262 e. The largest absolute Gasteiger partial charge is 0.497 e. The second-order valence-corrected chi connectivity index (χ2v) is 8.79. The highest BCUT2D eigenvalue weighted by atomic mass is 32.2. The van der Waals surface area contributed by atoms with Crippen LogP contribution in [-0.4, -0.2) is 34.2 Å². The van der Waals surface area contributed by atoms with Crippen molar-refractivity contribution in [2.75, 3.05) is 12.9 Å². The third-order valence-electron chi connectivity index (χ3n) is 5.45. The van der Waals surface area contributed by atoms with Crippen molar-refractivity contribution in [3.63, 3.8) is 0 Å². The monoisotopic (exact) mass is 487 g/mol. The van der Waals surface area contributed by atoms with Crippen LogP contribution in [0.2, 0.25) is 0 Å². The Kier molecular flexibility index (Phi) is 7.95. The maximum absolute atomic E-state index is 13.2. The van der Waals surface area contributed by atoms with E-state index in [-0.39, 0.29) is 11.3 Å². The van der Waals surface area contributed by atoms with Crippen LogP contribution in [0.25, 0.3) is 10.9 Å². The quantitative estimate of drug-likeness (QED) is 0.283. The van der Waals surface area contributed by atoms with E-state index < -0.39 is 11.8 Å². The third kappa shape index (κ3) is 6.16. The lowest BCUT2D eigenvalue weighted by Crippen LogP contribution is -2.32. The minimum atomic E-state index is -0.495. The van der Waals surface area contributed by atoms with E-state index in [4.69, 9.17) is 4.74 Å². The van der Waals surface area contributed by atoms with Crippen LogP contribution >= 0.6 is 11.8 Å². The van der Waals surface area contributed by atoms with E-state index in [1.165, 1.54) is 12.7 Å². The number of hydrogen-bond donors (Lipinski definition) is 1. The number of nitrogens with zero attached hydrogens (tertiary/aromatic N) is 2. The summed E-state index contributed by atoms with van der Waals surface area (Å²) in [6.45, 7) is 0.473. The van der Waals surface area contributed by atoms with Gasteiger partial charge in [-0.1, -0.05) is 54.2 Å². The van der Waals surface area contributed by atoms with Crippen LogP contribution in [0.15, 0.2) is 88.8 Å². The van der Waals surface area contributed by atoms with Crippen LogP contribution in [0.4, 0.5) is 0 Å². The van der Waals surface area contributed by atoms with Gasteiger partial charge in [-0.15, -0.1) is 0 Å². The fourth-order valence-electron chi connectivity index (χ4n) is 3.65. The molecule has 0 bridgehead atoms. The zero-order chi connectivity index (χ0) is 24.6. The van der Waals surface area contributed by atoms with E-state index >= 15 is 0 Å². The van der Waals surface area contributed by atoms with E-state index in [0.717, 1.165) is 24.6 Å². The van der Waals surface area contributed by atoms with Gasteiger partial charge in [-0.25, -0.2) is 4.98 Å². The number of ether oxygens (including phenoxy) is 1. The first-order chi connectivity index (χ1) is 17.0. The van der Waals surface area contributed by atoms with Gasteiger partial charge in [0.25, 0.3) is 11.5 Å². The van der Waals surface area contributed by atoms with Crippen molar-refractivity contribution in [1.29, 1.82) is 0 Å². The number of para-hydroxylation sites is 1. The van der Waals surface area contributed by atoms with Gasteiger partial charge in [0.1, 0.15) is 5.75 Å². The van der Waals surface area contributed by atoms with Gasteiger partial charge in [-0.2, -0.15) is 0 Å². The zero-order valence-electron chi connectivity index (χ0n) is 19.3. The fourth-order valence-corrected chi connectivity index (χ4v) is 4.47. The first-order valence-corrected chi connectivity index (χ1v) is 12.2. The van der Waals surface area contributed by atoms with Gasteiger partial charge in [0.05, 0.1) is 23.8 Å². The Labute approximate surface area is 207 Å². The first kappa shape index (κ1) is 24.2. The van der Waals surface area contributed by atoms with Crippen LogP contribution in [-0.2, 0) is 17.8 Å². The highest BCUT2D eigenvalue weighted by Gasteiger charge is 2.15. The number of carbonyl (C=O) groups is 2. The summed E-state index contributed by atoms with van der Waals surface area (Å²) in [5, 5.41) is 3.38. The van der Waals surface area contributed by atoms with Gasteiger partial charge in [0.15, 0.2) is 5.16 Å². The second kappa shape index (κ2) is 11.5. The molecule has 0 aliphatic carbocycles. The summed E-state index contributed by atoms with van der Waals surface area (Å²) >= 11 is 1.14. The molecule has 1 heterocycles. The number of aryl methyl sites for hydroxylation is 1. The molecule has 0 saturated heterocycles. The average molecular weight is 488 g/mol. The minimum Gasteiger partial charge on any atom is -0.497 e. The SMILES string of the molecule is COc1ccc(C(=O)NC(=O)CSc2nc3ccccc3c(=O)n2CCCc2ccccc2)cc1. The molecule has 0 saturated carbocycles. The van der Waals surface area contributed by atoms with Gasteiger partial charge in [0, 0.05) is 12.1 Å². The van der Waals surface area contributed by atoms with Crippen molar-refractivity contribution in [3.05, 3.63) is 100 Å². The summed E-state index contributed by atoms with van der Waals surface area (Å²) in [5.41, 5.74) is 1.99. The van der Waals surface area contributed by atoms with Crippen molar-refractivity contribution in [2.24, 2.45) is 0 Å². The van der Waals surface area contributed by atoms with Gasteiger partial charge < -0.3 is 4.74 Å². The number of fused-ring (bicyclic) bond motifs is 1. The Morgan fingerprint density at radius 1 is 0.971 bits per heavy atom. The number of imide groups is 1. The normalized spacial score (nSPS) is 10.8. The number of rotatable bonds is 9. The van der Waals surface area contributed by atoms with E-state index in [2.05, 4.69) is 22.4 Å². The van der Waals surface area contributed by atoms with Crippen LogP contribution in [0.5, 0.6) is 5.75 Å². The van der Waals surface area contributed by atoms with Gasteiger partial charge in [0.2, 0.25) is 5.91 Å². The molecule has 0 radical (unpaired) electrons. The van der Waals surface area contributed by atoms with Gasteiger partial charge in [-0.3, -0.25) is 24.3 Å². The molecule has 4 rings (SSSR count). The number of aromatic nitrogens is 2. The Bertz CT molecular complexity index is 1390. The molecule has 4 aromatic rings. The van der Waals surface area contributed by atoms with E-state index in [9.17, 15) is 14.4 Å². The van der Waals surface area contributed by atoms with Crippen LogP contribution in [0.1, 0.15) is 22.3 Å². The molecule has 35 heavy (non-hydrogen) atoms. The lowest BCUT2D eigenvalue weighted by molar-refractivity contribution is -0.117. The molecule has 8 heteroatoms. The number of benzene rings is 3. The Balaban J connectivity index is 1.46. The van der Waals surface area contributed by atoms with Crippen molar-refractivity contribution in [1.82, 2.24) is 14.9 Å². The summed E-state index contributed by atoms with van der Waals surface area (Å²) in [6, 6.07) is 23.7. The molecule has 1 aromatic heterocycles. The molecule has 0 aliphatic rings. The Morgan fingerprint density at radius 3 is 2.43 bits per heavy atom. The Morgan fingerprint density at radius 2 is 1.69 bits per heavy atom. The lowest BCUT2D eigenvalue weighted by atomic mass is 10.1. The number of methoxy groups -OCH3 is 1. The van der Waals surface area contributed by atoms with E-state index in [0.29, 0.717) is 33.9 Å². The molecule has 0 atom stereocenters. The topological polar surface area (TPSA) is 90.3 Å². The third-order valence-corrected chi connectivity index (χ3v) is 6.43. The molecule has 0 unspecified atom stereocenters. The summed E-state index contributed by atoms with van der Waals surface area (Å²) in [5.74, 6) is -0.388. The molecule has 0 aliphatic heterocycles. The maximum atomic E-state index is 13.2. The van der Waals surface area contributed by atoms with E-state index in [1.807, 2.05) is 30.3 Å². The number of amides is 2. The van der Waals surface area contributed by atoms with Crippen molar-refractivity contribution < 1.29 is 14.3 Å². The molecular weight excluding hydrogens is 462 g/mol. The van der Waals surface area contributed by atoms with Crippen LogP contribution < -0.4 is 15.6 Å². The van der Waals surface area contributed by atoms with E-state index in [1.54, 1.807) is 41.0 Å². The fraction of sp³-hybridized carbons (Fsp3) is 0.185. The zero-order valence-corrected chi connectivity index (χ0v) is 20.1. The van der Waals surface area contributed by atoms with Crippen LogP contribution in [0, 0.1) is 0 Å². The number of nitrogens with one attached hydrogen (secondary N) is 1. The first-order valence-electron chi connectivity index (χ1n) is 11.2. The molecule has 3 aromatic carbocycles. The molecule has 0 spiro atoms. The highest BCUT2D eigenvalue weighted by molar-refractivity contribution is 7.99. The predicted molar refractivity (Wildman–Crippen MR) is 137 cm³/mol. The summed E-state index contributed by atoms with van der Waals surface area (Å²) in [6.07, 6.45) is 1.57.